The standard InChI is InChI=1S/C12H20N4O/c1-4-9-7-11(13-2)15-12(14-9)10-8-16(3)5-6-17-10/h7,10H,4-6,8H2,1-3H3,(H,13,14,15). The van der Waals surface area contributed by atoms with Crippen molar-refractivity contribution in [1.29, 1.82) is 0 Å². The number of aryl methyl sites for hydroxylation is 1. The van der Waals surface area contributed by atoms with Crippen molar-refractivity contribution in [3.63, 3.8) is 0 Å². The number of ether oxygens (including phenoxy) is 1. The average Bonchev–Trinajstić information content (AvgIpc) is 2.38. The summed E-state index contributed by atoms with van der Waals surface area (Å²) in [6, 6.07) is 1.98. The van der Waals surface area contributed by atoms with Crippen LogP contribution >= 0.6 is 0 Å². The first-order chi connectivity index (χ1) is 8.22. The molecule has 1 N–H and O–H groups in total. The maximum Gasteiger partial charge on any atom is 0.161 e. The van der Waals surface area contributed by atoms with Crippen molar-refractivity contribution in [1.82, 2.24) is 14.9 Å². The van der Waals surface area contributed by atoms with Gasteiger partial charge in [-0.2, -0.15) is 0 Å². The quantitative estimate of drug-likeness (QED) is 0.851. The Balaban J connectivity index is 2.23. The fourth-order valence-corrected chi connectivity index (χ4v) is 1.91. The Morgan fingerprint density at radius 1 is 1.53 bits per heavy atom. The van der Waals surface area contributed by atoms with E-state index in [-0.39, 0.29) is 6.10 Å². The van der Waals surface area contributed by atoms with Gasteiger partial charge in [0.2, 0.25) is 0 Å². The Morgan fingerprint density at radius 2 is 2.35 bits per heavy atom. The molecule has 0 aromatic carbocycles. The number of nitrogens with one attached hydrogen (secondary N) is 1. The molecule has 1 fully saturated rings. The van der Waals surface area contributed by atoms with Gasteiger partial charge in [0.1, 0.15) is 11.9 Å². The number of aromatic nitrogens is 2. The molecule has 1 aromatic rings. The highest BCUT2D eigenvalue weighted by Crippen LogP contribution is 2.20. The zero-order chi connectivity index (χ0) is 12.3. The Morgan fingerprint density at radius 3 is 3.00 bits per heavy atom. The van der Waals surface area contributed by atoms with Crippen molar-refractivity contribution < 1.29 is 4.74 Å². The molecule has 2 rings (SSSR count). The molecule has 0 amide bonds. The molecule has 1 aliphatic heterocycles. The lowest BCUT2D eigenvalue weighted by atomic mass is 10.2. The van der Waals surface area contributed by atoms with E-state index in [1.807, 2.05) is 13.1 Å². The number of morpholine rings is 1. The van der Waals surface area contributed by atoms with Gasteiger partial charge in [-0.1, -0.05) is 6.92 Å². The molecule has 1 aliphatic rings. The molecule has 5 nitrogen and oxygen atoms in total. The number of likely N-dealkylation sites (N-methyl/N-ethyl adjacent to an activating group) is 1. The third-order valence-corrected chi connectivity index (χ3v) is 2.97. The summed E-state index contributed by atoms with van der Waals surface area (Å²) in [4.78, 5) is 11.3. The van der Waals surface area contributed by atoms with Crippen LogP contribution in [0, 0.1) is 0 Å². The van der Waals surface area contributed by atoms with E-state index in [9.17, 15) is 0 Å². The molecule has 0 spiro atoms. The summed E-state index contributed by atoms with van der Waals surface area (Å²) >= 11 is 0. The minimum atomic E-state index is -0.00708. The molecule has 94 valence electrons. The third-order valence-electron chi connectivity index (χ3n) is 2.97. The van der Waals surface area contributed by atoms with Gasteiger partial charge in [0.15, 0.2) is 5.82 Å². The van der Waals surface area contributed by atoms with Crippen LogP contribution in [-0.4, -0.2) is 48.7 Å². The van der Waals surface area contributed by atoms with Crippen molar-refractivity contribution in [2.24, 2.45) is 0 Å². The monoisotopic (exact) mass is 236 g/mol. The Hall–Kier alpha value is -1.20. The minimum Gasteiger partial charge on any atom is -0.373 e. The molecule has 1 saturated heterocycles. The number of rotatable bonds is 3. The number of hydrogen-bond acceptors (Lipinski definition) is 5. The van der Waals surface area contributed by atoms with Gasteiger partial charge in [0, 0.05) is 31.9 Å². The van der Waals surface area contributed by atoms with Crippen molar-refractivity contribution in [3.05, 3.63) is 17.6 Å². The molecule has 0 bridgehead atoms. The van der Waals surface area contributed by atoms with E-state index >= 15 is 0 Å². The molecule has 1 atom stereocenters. The average molecular weight is 236 g/mol. The Labute approximate surface area is 102 Å². The van der Waals surface area contributed by atoms with Crippen LogP contribution in [-0.2, 0) is 11.2 Å². The number of anilines is 1. The van der Waals surface area contributed by atoms with Crippen LogP contribution in [0.2, 0.25) is 0 Å². The van der Waals surface area contributed by atoms with Gasteiger partial charge in [-0.15, -0.1) is 0 Å². The molecular weight excluding hydrogens is 216 g/mol. The Kier molecular flexibility index (Phi) is 3.91. The van der Waals surface area contributed by atoms with Gasteiger partial charge in [0.25, 0.3) is 0 Å². The van der Waals surface area contributed by atoms with Crippen molar-refractivity contribution >= 4 is 5.82 Å². The van der Waals surface area contributed by atoms with Gasteiger partial charge in [-0.3, -0.25) is 0 Å². The maximum atomic E-state index is 5.74. The summed E-state index contributed by atoms with van der Waals surface area (Å²) in [5.41, 5.74) is 1.05. The normalized spacial score (nSPS) is 21.5. The zero-order valence-electron chi connectivity index (χ0n) is 10.7. The predicted octanol–water partition coefficient (Wildman–Crippen LogP) is 1.08. The highest BCUT2D eigenvalue weighted by Gasteiger charge is 2.22. The third kappa shape index (κ3) is 2.92. The van der Waals surface area contributed by atoms with Crippen LogP contribution in [0.3, 0.4) is 0 Å². The van der Waals surface area contributed by atoms with Crippen LogP contribution in [0.1, 0.15) is 24.5 Å². The minimum absolute atomic E-state index is 0.00708. The molecule has 2 heterocycles. The molecule has 1 unspecified atom stereocenters. The second-order valence-corrected chi connectivity index (χ2v) is 4.33. The zero-order valence-corrected chi connectivity index (χ0v) is 10.7. The van der Waals surface area contributed by atoms with Gasteiger partial charge >= 0.3 is 0 Å². The van der Waals surface area contributed by atoms with E-state index in [2.05, 4.69) is 34.2 Å². The lowest BCUT2D eigenvalue weighted by molar-refractivity contribution is -0.0255. The second kappa shape index (κ2) is 5.42. The summed E-state index contributed by atoms with van der Waals surface area (Å²) in [6.45, 7) is 4.67. The fourth-order valence-electron chi connectivity index (χ4n) is 1.91. The van der Waals surface area contributed by atoms with Gasteiger partial charge < -0.3 is 15.0 Å². The first-order valence-electron chi connectivity index (χ1n) is 6.08. The highest BCUT2D eigenvalue weighted by molar-refractivity contribution is 5.35. The molecule has 0 aliphatic carbocycles. The van der Waals surface area contributed by atoms with Crippen LogP contribution < -0.4 is 5.32 Å². The largest absolute Gasteiger partial charge is 0.373 e. The summed E-state index contributed by atoms with van der Waals surface area (Å²) in [6.07, 6.45) is 0.902. The lowest BCUT2D eigenvalue weighted by Crippen LogP contribution is -2.36. The topological polar surface area (TPSA) is 50.3 Å². The summed E-state index contributed by atoms with van der Waals surface area (Å²) in [5.74, 6) is 1.66. The molecule has 5 heteroatoms. The SMILES string of the molecule is CCc1cc(NC)nc(C2CN(C)CCO2)n1. The smallest absolute Gasteiger partial charge is 0.161 e. The molecule has 0 saturated carbocycles. The fraction of sp³-hybridized carbons (Fsp3) is 0.667. The van der Waals surface area contributed by atoms with Crippen molar-refractivity contribution in [3.8, 4) is 0 Å². The van der Waals surface area contributed by atoms with Gasteiger partial charge in [-0.05, 0) is 13.5 Å². The summed E-state index contributed by atoms with van der Waals surface area (Å²) in [5, 5.41) is 3.07. The van der Waals surface area contributed by atoms with Gasteiger partial charge in [-0.25, -0.2) is 9.97 Å². The van der Waals surface area contributed by atoms with Crippen molar-refractivity contribution in [2.45, 2.75) is 19.4 Å². The first kappa shape index (κ1) is 12.3. The summed E-state index contributed by atoms with van der Waals surface area (Å²) < 4.78 is 5.74. The number of nitrogens with zero attached hydrogens (tertiary/aromatic N) is 3. The molecular formula is C12H20N4O. The van der Waals surface area contributed by atoms with E-state index in [1.54, 1.807) is 0 Å². The second-order valence-electron chi connectivity index (χ2n) is 4.33. The van der Waals surface area contributed by atoms with E-state index in [1.165, 1.54) is 0 Å². The summed E-state index contributed by atoms with van der Waals surface area (Å²) in [7, 11) is 3.97. The van der Waals surface area contributed by atoms with Crippen LogP contribution in [0.15, 0.2) is 6.07 Å². The highest BCUT2D eigenvalue weighted by atomic mass is 16.5. The lowest BCUT2D eigenvalue weighted by Gasteiger charge is -2.29. The van der Waals surface area contributed by atoms with Crippen molar-refractivity contribution in [2.75, 3.05) is 39.1 Å². The van der Waals surface area contributed by atoms with E-state index in [0.29, 0.717) is 0 Å². The molecule has 0 radical (unpaired) electrons. The van der Waals surface area contributed by atoms with Crippen LogP contribution in [0.25, 0.3) is 0 Å². The molecule has 17 heavy (non-hydrogen) atoms. The van der Waals surface area contributed by atoms with E-state index in [4.69, 9.17) is 4.74 Å². The van der Waals surface area contributed by atoms with Gasteiger partial charge in [0.05, 0.1) is 6.61 Å². The van der Waals surface area contributed by atoms with Crippen LogP contribution in [0.5, 0.6) is 0 Å². The molecule has 1 aromatic heterocycles. The predicted molar refractivity (Wildman–Crippen MR) is 67.1 cm³/mol. The van der Waals surface area contributed by atoms with E-state index < -0.39 is 0 Å². The van der Waals surface area contributed by atoms with Crippen LogP contribution in [0.4, 0.5) is 5.82 Å². The first-order valence-corrected chi connectivity index (χ1v) is 6.08. The Bertz CT molecular complexity index is 361. The van der Waals surface area contributed by atoms with E-state index in [0.717, 1.165) is 43.5 Å². The number of hydrogen-bond donors (Lipinski definition) is 1. The maximum absolute atomic E-state index is 5.74.